The summed E-state index contributed by atoms with van der Waals surface area (Å²) in [5.41, 5.74) is 2.99. The Hall–Kier alpha value is -3.23. The Morgan fingerprint density at radius 2 is 1.40 bits per heavy atom. The lowest BCUT2D eigenvalue weighted by Crippen LogP contribution is -2.50. The molecule has 1 fully saturated rings. The largest absolute Gasteiger partial charge is 0.573 e. The van der Waals surface area contributed by atoms with Crippen LogP contribution in [0.25, 0.3) is 0 Å². The number of methoxy groups -OCH3 is 1. The number of halogens is 3. The molecule has 1 N–H and O–H groups in total. The lowest BCUT2D eigenvalue weighted by Gasteiger charge is -2.38. The van der Waals surface area contributed by atoms with E-state index in [9.17, 15) is 13.2 Å². The third-order valence-corrected chi connectivity index (χ3v) is 6.29. The maximum atomic E-state index is 13.2. The lowest BCUT2D eigenvalue weighted by atomic mass is 9.98. The highest BCUT2D eigenvalue weighted by Crippen LogP contribution is 2.37. The highest BCUT2D eigenvalue weighted by molar-refractivity contribution is 5.67. The lowest BCUT2D eigenvalue weighted by molar-refractivity contribution is -0.274. The number of nitrogens with zero attached hydrogens (tertiary/aromatic N) is 2. The smallest absolute Gasteiger partial charge is 0.404 e. The Morgan fingerprint density at radius 3 is 1.91 bits per heavy atom. The number of alkyl halides is 3. The van der Waals surface area contributed by atoms with Gasteiger partial charge in [0.15, 0.2) is 5.75 Å². The third kappa shape index (κ3) is 6.46. The summed E-state index contributed by atoms with van der Waals surface area (Å²) in [5.74, 6) is -0.259. The van der Waals surface area contributed by atoms with Crippen LogP contribution in [-0.4, -0.2) is 50.8 Å². The third-order valence-electron chi connectivity index (χ3n) is 6.29. The summed E-state index contributed by atoms with van der Waals surface area (Å²) in [6.07, 6.45) is -4.77. The van der Waals surface area contributed by atoms with E-state index in [2.05, 4.69) is 19.9 Å². The highest BCUT2D eigenvalue weighted by atomic mass is 19.4. The van der Waals surface area contributed by atoms with Crippen LogP contribution >= 0.6 is 0 Å². The summed E-state index contributed by atoms with van der Waals surface area (Å²) < 4.78 is 49.5. The van der Waals surface area contributed by atoms with E-state index in [0.717, 1.165) is 43.0 Å². The van der Waals surface area contributed by atoms with Crippen LogP contribution in [-0.2, 0) is 4.74 Å². The average molecular weight is 486 g/mol. The first kappa shape index (κ1) is 24.9. The van der Waals surface area contributed by atoms with E-state index in [1.165, 1.54) is 6.07 Å². The number of piperazine rings is 1. The van der Waals surface area contributed by atoms with Gasteiger partial charge in [-0.05, 0) is 36.2 Å². The van der Waals surface area contributed by atoms with Crippen molar-refractivity contribution in [3.63, 3.8) is 0 Å². The molecule has 0 saturated carbocycles. The van der Waals surface area contributed by atoms with Gasteiger partial charge in [0.05, 0.1) is 11.7 Å². The molecular weight excluding hydrogens is 455 g/mol. The summed E-state index contributed by atoms with van der Waals surface area (Å²) >= 11 is 0. The quantitative estimate of drug-likeness (QED) is 0.430. The van der Waals surface area contributed by atoms with E-state index in [0.29, 0.717) is 0 Å². The van der Waals surface area contributed by atoms with E-state index in [1.54, 1.807) is 19.2 Å². The molecule has 1 heterocycles. The van der Waals surface area contributed by atoms with E-state index in [4.69, 9.17) is 4.74 Å². The van der Waals surface area contributed by atoms with Crippen LogP contribution < -0.4 is 15.0 Å². The van der Waals surface area contributed by atoms with Gasteiger partial charge >= 0.3 is 6.36 Å². The fourth-order valence-corrected chi connectivity index (χ4v) is 4.34. The van der Waals surface area contributed by atoms with Gasteiger partial charge in [-0.3, -0.25) is 4.90 Å². The molecule has 4 rings (SSSR count). The first-order valence-corrected chi connectivity index (χ1v) is 11.6. The van der Waals surface area contributed by atoms with Gasteiger partial charge in [-0.25, -0.2) is 0 Å². The first-order valence-electron chi connectivity index (χ1n) is 11.6. The molecule has 0 spiro atoms. The fraction of sp³-hybridized carbons (Fsp3) is 0.333. The highest BCUT2D eigenvalue weighted by Gasteiger charge is 2.33. The molecule has 8 heteroatoms. The molecule has 3 aromatic carbocycles. The van der Waals surface area contributed by atoms with Gasteiger partial charge in [0, 0.05) is 39.0 Å². The van der Waals surface area contributed by atoms with Crippen molar-refractivity contribution < 1.29 is 22.6 Å². The van der Waals surface area contributed by atoms with Crippen molar-refractivity contribution >= 4 is 11.4 Å². The molecule has 1 atom stereocenters. The topological polar surface area (TPSA) is 37.0 Å². The Balaban J connectivity index is 1.65. The minimum atomic E-state index is -4.80. The van der Waals surface area contributed by atoms with Crippen molar-refractivity contribution in [2.24, 2.45) is 0 Å². The Morgan fingerprint density at radius 1 is 0.829 bits per heavy atom. The second kappa shape index (κ2) is 11.0. The monoisotopic (exact) mass is 485 g/mol. The molecule has 1 unspecified atom stereocenters. The number of hydrogen-bond donors (Lipinski definition) is 1. The molecule has 1 aliphatic rings. The molecule has 3 aromatic rings. The molecule has 0 aliphatic carbocycles. The molecule has 0 amide bonds. The fourth-order valence-electron chi connectivity index (χ4n) is 4.34. The predicted octanol–water partition coefficient (Wildman–Crippen LogP) is 5.90. The first-order chi connectivity index (χ1) is 16.8. The maximum absolute atomic E-state index is 13.2. The summed E-state index contributed by atoms with van der Waals surface area (Å²) in [5, 5.41) is 3.34. The van der Waals surface area contributed by atoms with Gasteiger partial charge in [-0.15, -0.1) is 13.2 Å². The Labute approximate surface area is 204 Å². The van der Waals surface area contributed by atoms with Crippen molar-refractivity contribution in [1.82, 2.24) is 4.90 Å². The summed E-state index contributed by atoms with van der Waals surface area (Å²) in [6, 6.07) is 23.8. The van der Waals surface area contributed by atoms with Crippen LogP contribution in [0.15, 0.2) is 78.9 Å². The number of hydrogen-bond acceptors (Lipinski definition) is 5. The van der Waals surface area contributed by atoms with Crippen LogP contribution in [0.1, 0.15) is 24.1 Å². The number of benzene rings is 3. The van der Waals surface area contributed by atoms with Crippen LogP contribution in [0.2, 0.25) is 0 Å². The summed E-state index contributed by atoms with van der Waals surface area (Å²) in [7, 11) is 1.68. The van der Waals surface area contributed by atoms with Gasteiger partial charge < -0.3 is 19.7 Å². The predicted molar refractivity (Wildman–Crippen MR) is 132 cm³/mol. The molecule has 35 heavy (non-hydrogen) atoms. The van der Waals surface area contributed by atoms with Crippen LogP contribution in [0.3, 0.4) is 0 Å². The normalized spacial score (nSPS) is 15.8. The molecular formula is C27H30F3N3O2. The standard InChI is InChI=1S/C27H30F3N3O2/c1-20(34-2)32-15-17-33(18-16-32)23-13-14-25(35-27(28,29)30)24(19-23)31-26(21-9-5-3-6-10-21)22-11-7-4-8-12-22/h3-14,19-20,26,31H,15-18H2,1-2H3. The van der Waals surface area contributed by atoms with Gasteiger partial charge in [0.2, 0.25) is 0 Å². The number of rotatable bonds is 8. The molecule has 1 saturated heterocycles. The number of ether oxygens (including phenoxy) is 2. The van der Waals surface area contributed by atoms with E-state index in [1.807, 2.05) is 67.6 Å². The Kier molecular flexibility index (Phi) is 7.83. The molecule has 0 radical (unpaired) electrons. The van der Waals surface area contributed by atoms with Crippen molar-refractivity contribution in [2.45, 2.75) is 25.6 Å². The van der Waals surface area contributed by atoms with Crippen molar-refractivity contribution in [3.05, 3.63) is 90.0 Å². The van der Waals surface area contributed by atoms with Gasteiger partial charge in [-0.1, -0.05) is 60.7 Å². The van der Waals surface area contributed by atoms with Crippen molar-refractivity contribution in [3.8, 4) is 5.75 Å². The van der Waals surface area contributed by atoms with Crippen LogP contribution in [0.4, 0.5) is 24.5 Å². The molecule has 1 aliphatic heterocycles. The van der Waals surface area contributed by atoms with Crippen molar-refractivity contribution in [1.29, 1.82) is 0 Å². The number of anilines is 2. The minimum Gasteiger partial charge on any atom is -0.404 e. The molecule has 0 bridgehead atoms. The zero-order chi connectivity index (χ0) is 24.8. The van der Waals surface area contributed by atoms with Gasteiger partial charge in [0.1, 0.15) is 6.23 Å². The number of nitrogens with one attached hydrogen (secondary N) is 1. The Bertz CT molecular complexity index is 1030. The molecule has 5 nitrogen and oxygen atoms in total. The summed E-state index contributed by atoms with van der Waals surface area (Å²) in [4.78, 5) is 4.40. The van der Waals surface area contributed by atoms with Crippen LogP contribution in [0.5, 0.6) is 5.75 Å². The second-order valence-corrected chi connectivity index (χ2v) is 8.49. The van der Waals surface area contributed by atoms with Crippen molar-refractivity contribution in [2.75, 3.05) is 43.5 Å². The average Bonchev–Trinajstić information content (AvgIpc) is 2.88. The van der Waals surface area contributed by atoms with Crippen LogP contribution in [0, 0.1) is 0 Å². The van der Waals surface area contributed by atoms with E-state index in [-0.39, 0.29) is 23.7 Å². The van der Waals surface area contributed by atoms with E-state index < -0.39 is 6.36 Å². The zero-order valence-electron chi connectivity index (χ0n) is 19.8. The zero-order valence-corrected chi connectivity index (χ0v) is 19.8. The second-order valence-electron chi connectivity index (χ2n) is 8.49. The van der Waals surface area contributed by atoms with Gasteiger partial charge in [-0.2, -0.15) is 0 Å². The minimum absolute atomic E-state index is 0.0226. The maximum Gasteiger partial charge on any atom is 0.573 e. The molecule has 0 aromatic heterocycles. The van der Waals surface area contributed by atoms with E-state index >= 15 is 0 Å². The SMILES string of the molecule is COC(C)N1CCN(c2ccc(OC(F)(F)F)c(NC(c3ccccc3)c3ccccc3)c2)CC1. The van der Waals surface area contributed by atoms with Gasteiger partial charge in [0.25, 0.3) is 0 Å². The summed E-state index contributed by atoms with van der Waals surface area (Å²) in [6.45, 7) is 5.10. The molecule has 186 valence electrons.